The third-order valence-electron chi connectivity index (χ3n) is 3.75. The number of benzene rings is 2. The molecule has 0 aliphatic carbocycles. The van der Waals surface area contributed by atoms with Crippen LogP contribution in [0.5, 0.6) is 0 Å². The van der Waals surface area contributed by atoms with Gasteiger partial charge in [0.05, 0.1) is 0 Å². The van der Waals surface area contributed by atoms with Gasteiger partial charge in [-0.3, -0.25) is 0 Å². The van der Waals surface area contributed by atoms with Crippen LogP contribution in [0.25, 0.3) is 22.6 Å². The van der Waals surface area contributed by atoms with E-state index >= 15 is 0 Å². The standard InChI is InChI=1S/C16H12ClN5O/c1-9(15-19-21-22-20-15)11-4-7-14-13(8-11)18-16(23-14)10-2-5-12(17)6-3-10/h2-9H,1H3,(H,19,20,21,22). The van der Waals surface area contributed by atoms with Crippen LogP contribution in [-0.2, 0) is 0 Å². The first-order chi connectivity index (χ1) is 11.2. The minimum Gasteiger partial charge on any atom is -0.436 e. The molecule has 1 atom stereocenters. The lowest BCUT2D eigenvalue weighted by molar-refractivity contribution is 0.619. The van der Waals surface area contributed by atoms with Crippen LogP contribution >= 0.6 is 11.6 Å². The van der Waals surface area contributed by atoms with Gasteiger partial charge in [-0.05, 0) is 42.0 Å². The van der Waals surface area contributed by atoms with E-state index in [-0.39, 0.29) is 5.92 Å². The number of nitrogens with zero attached hydrogens (tertiary/aromatic N) is 4. The highest BCUT2D eigenvalue weighted by atomic mass is 35.5. The number of tetrazole rings is 1. The van der Waals surface area contributed by atoms with E-state index in [1.165, 1.54) is 0 Å². The van der Waals surface area contributed by atoms with Crippen molar-refractivity contribution < 1.29 is 4.42 Å². The van der Waals surface area contributed by atoms with Crippen molar-refractivity contribution in [1.82, 2.24) is 25.6 Å². The maximum absolute atomic E-state index is 5.91. The molecule has 1 N–H and O–H groups in total. The molecule has 2 aromatic heterocycles. The molecule has 4 aromatic rings. The smallest absolute Gasteiger partial charge is 0.227 e. The van der Waals surface area contributed by atoms with Crippen LogP contribution in [0.15, 0.2) is 46.9 Å². The van der Waals surface area contributed by atoms with E-state index in [1.54, 1.807) is 0 Å². The van der Waals surface area contributed by atoms with Crippen LogP contribution in [-0.4, -0.2) is 25.6 Å². The zero-order valence-electron chi connectivity index (χ0n) is 12.2. The fourth-order valence-electron chi connectivity index (χ4n) is 2.43. The topological polar surface area (TPSA) is 80.5 Å². The number of oxazole rings is 1. The number of halogens is 1. The maximum atomic E-state index is 5.91. The number of aromatic amines is 1. The van der Waals surface area contributed by atoms with Gasteiger partial charge in [0.15, 0.2) is 11.4 Å². The van der Waals surface area contributed by atoms with Crippen LogP contribution in [0.4, 0.5) is 0 Å². The molecule has 2 aromatic carbocycles. The fraction of sp³-hybridized carbons (Fsp3) is 0.125. The highest BCUT2D eigenvalue weighted by Crippen LogP contribution is 2.28. The lowest BCUT2D eigenvalue weighted by Gasteiger charge is -2.05. The summed E-state index contributed by atoms with van der Waals surface area (Å²) in [5.41, 5.74) is 3.47. The predicted octanol–water partition coefficient (Wildman–Crippen LogP) is 3.81. The van der Waals surface area contributed by atoms with Gasteiger partial charge < -0.3 is 4.42 Å². The van der Waals surface area contributed by atoms with Gasteiger partial charge in [-0.25, -0.2) is 4.98 Å². The lowest BCUT2D eigenvalue weighted by Crippen LogP contribution is -1.98. The summed E-state index contributed by atoms with van der Waals surface area (Å²) < 4.78 is 5.82. The third kappa shape index (κ3) is 2.57. The Balaban J connectivity index is 1.73. The van der Waals surface area contributed by atoms with Gasteiger partial charge in [-0.2, -0.15) is 5.21 Å². The largest absolute Gasteiger partial charge is 0.436 e. The molecular formula is C16H12ClN5O. The number of hydrogen-bond donors (Lipinski definition) is 1. The lowest BCUT2D eigenvalue weighted by atomic mass is 10.0. The Morgan fingerprint density at radius 2 is 1.96 bits per heavy atom. The molecule has 7 heteroatoms. The maximum Gasteiger partial charge on any atom is 0.227 e. The molecule has 0 radical (unpaired) electrons. The molecule has 114 valence electrons. The summed E-state index contributed by atoms with van der Waals surface area (Å²) in [5.74, 6) is 1.24. The van der Waals surface area contributed by atoms with Crippen LogP contribution in [0.3, 0.4) is 0 Å². The van der Waals surface area contributed by atoms with E-state index in [9.17, 15) is 0 Å². The molecule has 4 rings (SSSR count). The summed E-state index contributed by atoms with van der Waals surface area (Å²) in [4.78, 5) is 4.56. The van der Waals surface area contributed by atoms with Crippen molar-refractivity contribution in [3.63, 3.8) is 0 Å². The van der Waals surface area contributed by atoms with E-state index in [1.807, 2.05) is 49.4 Å². The summed E-state index contributed by atoms with van der Waals surface area (Å²) in [6, 6.07) is 13.3. The summed E-state index contributed by atoms with van der Waals surface area (Å²) in [5, 5.41) is 14.8. The molecule has 0 spiro atoms. The normalized spacial score (nSPS) is 12.6. The molecular weight excluding hydrogens is 314 g/mol. The Morgan fingerprint density at radius 3 is 2.70 bits per heavy atom. The second-order valence-corrected chi connectivity index (χ2v) is 5.68. The number of aromatic nitrogens is 5. The molecule has 0 aliphatic rings. The Labute approximate surface area is 136 Å². The first-order valence-corrected chi connectivity index (χ1v) is 7.48. The van der Waals surface area contributed by atoms with Gasteiger partial charge >= 0.3 is 0 Å². The molecule has 0 aliphatic heterocycles. The Morgan fingerprint density at radius 1 is 1.13 bits per heavy atom. The number of rotatable bonds is 3. The van der Waals surface area contributed by atoms with Gasteiger partial charge in [-0.15, -0.1) is 10.2 Å². The second kappa shape index (κ2) is 5.48. The van der Waals surface area contributed by atoms with Crippen LogP contribution in [0, 0.1) is 0 Å². The van der Waals surface area contributed by atoms with Gasteiger partial charge in [0.25, 0.3) is 0 Å². The van der Waals surface area contributed by atoms with E-state index in [2.05, 4.69) is 25.6 Å². The highest BCUT2D eigenvalue weighted by molar-refractivity contribution is 6.30. The molecule has 6 nitrogen and oxygen atoms in total. The molecule has 1 unspecified atom stereocenters. The van der Waals surface area contributed by atoms with Gasteiger partial charge in [0.1, 0.15) is 5.52 Å². The Bertz CT molecular complexity index is 946. The molecule has 23 heavy (non-hydrogen) atoms. The van der Waals surface area contributed by atoms with Crippen molar-refractivity contribution in [2.45, 2.75) is 12.8 Å². The van der Waals surface area contributed by atoms with E-state index in [0.717, 1.165) is 22.2 Å². The average Bonchev–Trinajstić information content (AvgIpc) is 3.23. The quantitative estimate of drug-likeness (QED) is 0.619. The highest BCUT2D eigenvalue weighted by Gasteiger charge is 2.15. The summed E-state index contributed by atoms with van der Waals surface area (Å²) in [7, 11) is 0. The van der Waals surface area contributed by atoms with Crippen molar-refractivity contribution >= 4 is 22.7 Å². The van der Waals surface area contributed by atoms with Crippen molar-refractivity contribution in [2.24, 2.45) is 0 Å². The predicted molar refractivity (Wildman–Crippen MR) is 86.1 cm³/mol. The minimum absolute atomic E-state index is 0.0221. The Kier molecular flexibility index (Phi) is 3.31. The van der Waals surface area contributed by atoms with Crippen LogP contribution in [0.2, 0.25) is 5.02 Å². The molecule has 0 bridgehead atoms. The first kappa shape index (κ1) is 13.9. The van der Waals surface area contributed by atoms with Gasteiger partial charge in [-0.1, -0.05) is 29.8 Å². The third-order valence-corrected chi connectivity index (χ3v) is 4.00. The Hall–Kier alpha value is -2.73. The van der Waals surface area contributed by atoms with E-state index in [0.29, 0.717) is 16.7 Å². The number of fused-ring (bicyclic) bond motifs is 1. The zero-order chi connectivity index (χ0) is 15.8. The molecule has 0 fully saturated rings. The van der Waals surface area contributed by atoms with E-state index in [4.69, 9.17) is 16.0 Å². The minimum atomic E-state index is 0.0221. The monoisotopic (exact) mass is 325 g/mol. The molecule has 2 heterocycles. The van der Waals surface area contributed by atoms with Crippen LogP contribution in [0.1, 0.15) is 24.2 Å². The molecule has 0 saturated carbocycles. The number of nitrogens with one attached hydrogen (secondary N) is 1. The number of H-pyrrole nitrogens is 1. The molecule has 0 saturated heterocycles. The summed E-state index contributed by atoms with van der Waals surface area (Å²) in [6.45, 7) is 2.02. The van der Waals surface area contributed by atoms with Gasteiger partial charge in [0.2, 0.25) is 5.89 Å². The van der Waals surface area contributed by atoms with Crippen molar-refractivity contribution in [3.8, 4) is 11.5 Å². The van der Waals surface area contributed by atoms with Gasteiger partial charge in [0, 0.05) is 16.5 Å². The fourth-order valence-corrected chi connectivity index (χ4v) is 2.56. The molecule has 0 amide bonds. The zero-order valence-corrected chi connectivity index (χ0v) is 12.9. The average molecular weight is 326 g/mol. The van der Waals surface area contributed by atoms with Crippen molar-refractivity contribution in [2.75, 3.05) is 0 Å². The van der Waals surface area contributed by atoms with Crippen molar-refractivity contribution in [1.29, 1.82) is 0 Å². The second-order valence-electron chi connectivity index (χ2n) is 5.24. The SMILES string of the molecule is CC(c1ccc2oc(-c3ccc(Cl)cc3)nc2c1)c1nn[nH]n1. The van der Waals surface area contributed by atoms with Crippen molar-refractivity contribution in [3.05, 3.63) is 58.9 Å². The summed E-state index contributed by atoms with van der Waals surface area (Å²) >= 11 is 5.91. The number of hydrogen-bond acceptors (Lipinski definition) is 5. The van der Waals surface area contributed by atoms with E-state index < -0.39 is 0 Å². The summed E-state index contributed by atoms with van der Waals surface area (Å²) in [6.07, 6.45) is 0. The van der Waals surface area contributed by atoms with Crippen LogP contribution < -0.4 is 0 Å². The first-order valence-electron chi connectivity index (χ1n) is 7.10.